The average Bonchev–Trinajstić information content (AvgIpc) is 2.74. The molecule has 0 bridgehead atoms. The van der Waals surface area contributed by atoms with Gasteiger partial charge < -0.3 is 10.2 Å². The zero-order chi connectivity index (χ0) is 22.1. The standard InChI is InChI=1S/C23H28BrFN2O2S/c1-4-16(2)26-23(29)17(3)27(13-18-5-9-20(24)10-6-18)22(28)15-30-14-19-7-11-21(25)12-8-19/h5-12,16-17H,4,13-15H2,1-3H3,(H,26,29)/t16-,17-/m0/s1. The summed E-state index contributed by atoms with van der Waals surface area (Å²) in [5, 5.41) is 2.96. The van der Waals surface area contributed by atoms with Gasteiger partial charge in [0.25, 0.3) is 0 Å². The first kappa shape index (κ1) is 24.4. The van der Waals surface area contributed by atoms with Crippen LogP contribution in [0.25, 0.3) is 0 Å². The maximum absolute atomic E-state index is 13.0. The molecule has 0 saturated carbocycles. The summed E-state index contributed by atoms with van der Waals surface area (Å²) < 4.78 is 14.0. The summed E-state index contributed by atoms with van der Waals surface area (Å²) in [7, 11) is 0. The van der Waals surface area contributed by atoms with Crippen molar-refractivity contribution in [2.45, 2.75) is 51.6 Å². The highest BCUT2D eigenvalue weighted by Crippen LogP contribution is 2.18. The van der Waals surface area contributed by atoms with Gasteiger partial charge in [-0.25, -0.2) is 4.39 Å². The van der Waals surface area contributed by atoms with E-state index in [0.717, 1.165) is 22.0 Å². The summed E-state index contributed by atoms with van der Waals surface area (Å²) in [6.45, 7) is 6.08. The summed E-state index contributed by atoms with van der Waals surface area (Å²) in [6.07, 6.45) is 0.826. The van der Waals surface area contributed by atoms with Crippen LogP contribution in [0.15, 0.2) is 53.0 Å². The third-order valence-electron chi connectivity index (χ3n) is 4.84. The minimum absolute atomic E-state index is 0.0532. The molecule has 2 amide bonds. The Bertz CT molecular complexity index is 830. The van der Waals surface area contributed by atoms with E-state index in [1.807, 2.05) is 38.1 Å². The van der Waals surface area contributed by atoms with Crippen molar-refractivity contribution in [1.29, 1.82) is 0 Å². The smallest absolute Gasteiger partial charge is 0.242 e. The molecular formula is C23H28BrFN2O2S. The lowest BCUT2D eigenvalue weighted by Crippen LogP contribution is -2.50. The van der Waals surface area contributed by atoms with Crippen molar-refractivity contribution >= 4 is 39.5 Å². The second kappa shape index (κ2) is 12.1. The Hall–Kier alpha value is -1.86. The maximum atomic E-state index is 13.0. The number of thioether (sulfide) groups is 1. The fourth-order valence-electron chi connectivity index (χ4n) is 2.75. The van der Waals surface area contributed by atoms with E-state index in [1.165, 1.54) is 23.9 Å². The van der Waals surface area contributed by atoms with E-state index < -0.39 is 6.04 Å². The summed E-state index contributed by atoms with van der Waals surface area (Å²) in [4.78, 5) is 27.3. The molecule has 0 aromatic heterocycles. The van der Waals surface area contributed by atoms with Crippen LogP contribution in [0.2, 0.25) is 0 Å². The minimum atomic E-state index is -0.582. The predicted octanol–water partition coefficient (Wildman–Crippen LogP) is 5.15. The predicted molar refractivity (Wildman–Crippen MR) is 125 cm³/mol. The topological polar surface area (TPSA) is 49.4 Å². The van der Waals surface area contributed by atoms with Crippen molar-refractivity contribution in [2.24, 2.45) is 0 Å². The number of amides is 2. The Morgan fingerprint density at radius 2 is 1.67 bits per heavy atom. The van der Waals surface area contributed by atoms with Gasteiger partial charge in [0.2, 0.25) is 11.8 Å². The Balaban J connectivity index is 2.06. The highest BCUT2D eigenvalue weighted by Gasteiger charge is 2.26. The van der Waals surface area contributed by atoms with Crippen LogP contribution in [0.5, 0.6) is 0 Å². The molecule has 0 unspecified atom stereocenters. The van der Waals surface area contributed by atoms with Crippen LogP contribution in [0.1, 0.15) is 38.3 Å². The number of rotatable bonds is 10. The van der Waals surface area contributed by atoms with E-state index >= 15 is 0 Å². The van der Waals surface area contributed by atoms with E-state index in [-0.39, 0.29) is 29.4 Å². The lowest BCUT2D eigenvalue weighted by molar-refractivity contribution is -0.138. The van der Waals surface area contributed by atoms with Gasteiger partial charge in [0, 0.05) is 22.8 Å². The van der Waals surface area contributed by atoms with Crippen LogP contribution in [-0.2, 0) is 21.9 Å². The number of hydrogen-bond donors (Lipinski definition) is 1. The number of benzene rings is 2. The summed E-state index contributed by atoms with van der Waals surface area (Å²) in [5.74, 6) is 0.317. The molecule has 0 heterocycles. The number of nitrogens with zero attached hydrogens (tertiary/aromatic N) is 1. The van der Waals surface area contributed by atoms with Crippen molar-refractivity contribution in [3.05, 3.63) is 69.9 Å². The molecule has 0 spiro atoms. The number of carbonyl (C=O) groups is 2. The van der Waals surface area contributed by atoms with Gasteiger partial charge >= 0.3 is 0 Å². The fraction of sp³-hybridized carbons (Fsp3) is 0.391. The molecule has 2 aromatic carbocycles. The van der Waals surface area contributed by atoms with Gasteiger partial charge in [0.05, 0.1) is 5.75 Å². The first-order chi connectivity index (χ1) is 14.3. The maximum Gasteiger partial charge on any atom is 0.242 e. The monoisotopic (exact) mass is 494 g/mol. The molecule has 7 heteroatoms. The fourth-order valence-corrected chi connectivity index (χ4v) is 3.89. The largest absolute Gasteiger partial charge is 0.352 e. The van der Waals surface area contributed by atoms with Gasteiger partial charge in [0.15, 0.2) is 0 Å². The van der Waals surface area contributed by atoms with Crippen molar-refractivity contribution in [2.75, 3.05) is 5.75 Å². The van der Waals surface area contributed by atoms with Crippen molar-refractivity contribution in [3.63, 3.8) is 0 Å². The molecule has 0 aliphatic heterocycles. The van der Waals surface area contributed by atoms with E-state index in [2.05, 4.69) is 21.2 Å². The SMILES string of the molecule is CC[C@H](C)NC(=O)[C@H](C)N(Cc1ccc(Br)cc1)C(=O)CSCc1ccc(F)cc1. The quantitative estimate of drug-likeness (QED) is 0.496. The van der Waals surface area contributed by atoms with Gasteiger partial charge in [-0.2, -0.15) is 0 Å². The normalized spacial score (nSPS) is 12.8. The van der Waals surface area contributed by atoms with Gasteiger partial charge in [0.1, 0.15) is 11.9 Å². The molecule has 2 aromatic rings. The van der Waals surface area contributed by atoms with E-state index in [1.54, 1.807) is 24.0 Å². The molecule has 162 valence electrons. The number of halogens is 2. The molecule has 1 N–H and O–H groups in total. The second-order valence-corrected chi connectivity index (χ2v) is 9.16. The van der Waals surface area contributed by atoms with Crippen molar-refractivity contribution < 1.29 is 14.0 Å². The zero-order valence-electron chi connectivity index (χ0n) is 17.5. The van der Waals surface area contributed by atoms with Gasteiger partial charge in [-0.3, -0.25) is 9.59 Å². The third-order valence-corrected chi connectivity index (χ3v) is 6.36. The molecule has 30 heavy (non-hydrogen) atoms. The number of hydrogen-bond acceptors (Lipinski definition) is 3. The highest BCUT2D eigenvalue weighted by atomic mass is 79.9. The number of nitrogens with one attached hydrogen (secondary N) is 1. The molecule has 0 fully saturated rings. The van der Waals surface area contributed by atoms with Gasteiger partial charge in [-0.05, 0) is 55.7 Å². The number of carbonyl (C=O) groups excluding carboxylic acids is 2. The van der Waals surface area contributed by atoms with Crippen molar-refractivity contribution in [1.82, 2.24) is 10.2 Å². The van der Waals surface area contributed by atoms with Crippen LogP contribution >= 0.6 is 27.7 Å². The third kappa shape index (κ3) is 7.76. The zero-order valence-corrected chi connectivity index (χ0v) is 19.9. The Morgan fingerprint density at radius 1 is 1.07 bits per heavy atom. The lowest BCUT2D eigenvalue weighted by atomic mass is 10.1. The molecule has 4 nitrogen and oxygen atoms in total. The van der Waals surface area contributed by atoms with E-state index in [9.17, 15) is 14.0 Å². The van der Waals surface area contributed by atoms with Crippen molar-refractivity contribution in [3.8, 4) is 0 Å². The second-order valence-electron chi connectivity index (χ2n) is 7.26. The van der Waals surface area contributed by atoms with Crippen LogP contribution in [0.4, 0.5) is 4.39 Å². The van der Waals surface area contributed by atoms with Gasteiger partial charge in [-0.15, -0.1) is 11.8 Å². The summed E-state index contributed by atoms with van der Waals surface area (Å²) in [5.41, 5.74) is 1.91. The van der Waals surface area contributed by atoms with Crippen LogP contribution in [0, 0.1) is 5.82 Å². The molecule has 2 atom stereocenters. The Morgan fingerprint density at radius 3 is 2.27 bits per heavy atom. The minimum Gasteiger partial charge on any atom is -0.352 e. The van der Waals surface area contributed by atoms with Crippen LogP contribution in [-0.4, -0.2) is 34.6 Å². The molecule has 2 rings (SSSR count). The summed E-state index contributed by atoms with van der Waals surface area (Å²) in [6, 6.07) is 13.5. The molecule has 0 saturated heterocycles. The van der Waals surface area contributed by atoms with Crippen LogP contribution < -0.4 is 5.32 Å². The molecular weight excluding hydrogens is 467 g/mol. The molecule has 0 aliphatic carbocycles. The first-order valence-corrected chi connectivity index (χ1v) is 11.9. The average molecular weight is 495 g/mol. The first-order valence-electron chi connectivity index (χ1n) is 9.96. The summed E-state index contributed by atoms with van der Waals surface area (Å²) >= 11 is 4.87. The Labute approximate surface area is 190 Å². The van der Waals surface area contributed by atoms with E-state index in [4.69, 9.17) is 0 Å². The van der Waals surface area contributed by atoms with Crippen LogP contribution in [0.3, 0.4) is 0 Å². The van der Waals surface area contributed by atoms with E-state index in [0.29, 0.717) is 12.3 Å². The molecule has 0 aliphatic rings. The highest BCUT2D eigenvalue weighted by molar-refractivity contribution is 9.10. The lowest BCUT2D eigenvalue weighted by Gasteiger charge is -2.29. The Kier molecular flexibility index (Phi) is 9.85. The van der Waals surface area contributed by atoms with Gasteiger partial charge in [-0.1, -0.05) is 47.1 Å². The molecule has 0 radical (unpaired) electrons.